The van der Waals surface area contributed by atoms with E-state index in [4.69, 9.17) is 16.3 Å². The molecule has 0 saturated carbocycles. The molecule has 3 rings (SSSR count). The monoisotopic (exact) mass is 314 g/mol. The standard InChI is InChI=1S/C16H15ClN4O/c1-10-9-13(17)3-4-14(10)22-11(2)15-19-16(21-20-15)12-5-7-18-8-6-12/h3-9,11H,1-2H3,(H,19,20,21). The molecule has 0 bridgehead atoms. The predicted octanol–water partition coefficient (Wildman–Crippen LogP) is 3.97. The van der Waals surface area contributed by atoms with Gasteiger partial charge in [-0.25, -0.2) is 4.98 Å². The van der Waals surface area contributed by atoms with Gasteiger partial charge in [0.2, 0.25) is 0 Å². The van der Waals surface area contributed by atoms with Gasteiger partial charge in [-0.15, -0.1) is 0 Å². The first-order chi connectivity index (χ1) is 10.6. The van der Waals surface area contributed by atoms with Gasteiger partial charge in [-0.2, -0.15) is 5.10 Å². The lowest BCUT2D eigenvalue weighted by Gasteiger charge is -2.14. The van der Waals surface area contributed by atoms with Gasteiger partial charge in [0.15, 0.2) is 17.8 Å². The fraction of sp³-hybridized carbons (Fsp3) is 0.188. The van der Waals surface area contributed by atoms with Crippen molar-refractivity contribution in [2.24, 2.45) is 0 Å². The minimum absolute atomic E-state index is 0.247. The van der Waals surface area contributed by atoms with E-state index >= 15 is 0 Å². The molecule has 0 aliphatic carbocycles. The molecule has 5 nitrogen and oxygen atoms in total. The third-order valence-electron chi connectivity index (χ3n) is 3.27. The lowest BCUT2D eigenvalue weighted by atomic mass is 10.2. The van der Waals surface area contributed by atoms with Gasteiger partial charge < -0.3 is 4.74 Å². The van der Waals surface area contributed by atoms with Crippen LogP contribution in [0.15, 0.2) is 42.7 Å². The number of pyridine rings is 1. The molecule has 6 heteroatoms. The molecule has 1 aromatic carbocycles. The van der Waals surface area contributed by atoms with E-state index in [9.17, 15) is 0 Å². The molecule has 1 N–H and O–H groups in total. The van der Waals surface area contributed by atoms with Crippen molar-refractivity contribution in [1.29, 1.82) is 0 Å². The Bertz CT molecular complexity index is 773. The molecular weight excluding hydrogens is 300 g/mol. The zero-order valence-electron chi connectivity index (χ0n) is 12.2. The summed E-state index contributed by atoms with van der Waals surface area (Å²) in [4.78, 5) is 8.46. The molecule has 0 fully saturated rings. The summed E-state index contributed by atoms with van der Waals surface area (Å²) < 4.78 is 5.93. The lowest BCUT2D eigenvalue weighted by molar-refractivity contribution is 0.215. The lowest BCUT2D eigenvalue weighted by Crippen LogP contribution is -2.06. The number of H-pyrrole nitrogens is 1. The van der Waals surface area contributed by atoms with Crippen LogP contribution in [0.5, 0.6) is 5.75 Å². The second-order valence-corrected chi connectivity index (χ2v) is 5.39. The summed E-state index contributed by atoms with van der Waals surface area (Å²) in [6.45, 7) is 3.88. The quantitative estimate of drug-likeness (QED) is 0.791. The number of rotatable bonds is 4. The van der Waals surface area contributed by atoms with Gasteiger partial charge in [-0.05, 0) is 49.7 Å². The third-order valence-corrected chi connectivity index (χ3v) is 3.50. The van der Waals surface area contributed by atoms with Gasteiger partial charge in [0.25, 0.3) is 0 Å². The van der Waals surface area contributed by atoms with Gasteiger partial charge in [-0.1, -0.05) is 11.6 Å². The number of aryl methyl sites for hydroxylation is 1. The molecule has 22 heavy (non-hydrogen) atoms. The fourth-order valence-electron chi connectivity index (χ4n) is 2.08. The number of aromatic nitrogens is 4. The number of aromatic amines is 1. The Kier molecular flexibility index (Phi) is 4.06. The highest BCUT2D eigenvalue weighted by molar-refractivity contribution is 6.30. The molecule has 0 aliphatic rings. The average molecular weight is 315 g/mol. The van der Waals surface area contributed by atoms with Gasteiger partial charge in [0, 0.05) is 23.0 Å². The summed E-state index contributed by atoms with van der Waals surface area (Å²) in [5.41, 5.74) is 1.89. The number of nitrogens with one attached hydrogen (secondary N) is 1. The van der Waals surface area contributed by atoms with Crippen LogP contribution in [0.25, 0.3) is 11.4 Å². The summed E-state index contributed by atoms with van der Waals surface area (Å²) in [5.74, 6) is 2.07. The summed E-state index contributed by atoms with van der Waals surface area (Å²) in [6, 6.07) is 9.25. The van der Waals surface area contributed by atoms with Crippen LogP contribution in [0.3, 0.4) is 0 Å². The van der Waals surface area contributed by atoms with Gasteiger partial charge in [0.05, 0.1) is 0 Å². The van der Waals surface area contributed by atoms with E-state index in [1.54, 1.807) is 18.5 Å². The van der Waals surface area contributed by atoms with Crippen molar-refractivity contribution in [1.82, 2.24) is 20.2 Å². The smallest absolute Gasteiger partial charge is 0.181 e. The second kappa shape index (κ2) is 6.15. The number of benzene rings is 1. The Morgan fingerprint density at radius 3 is 2.68 bits per heavy atom. The first kappa shape index (κ1) is 14.5. The summed E-state index contributed by atoms with van der Waals surface area (Å²) in [7, 11) is 0. The predicted molar refractivity (Wildman–Crippen MR) is 84.8 cm³/mol. The minimum Gasteiger partial charge on any atom is -0.482 e. The first-order valence-corrected chi connectivity index (χ1v) is 7.27. The molecule has 0 radical (unpaired) electrons. The van der Waals surface area contributed by atoms with E-state index < -0.39 is 0 Å². The molecular formula is C16H15ClN4O. The maximum Gasteiger partial charge on any atom is 0.181 e. The van der Waals surface area contributed by atoms with Crippen molar-refractivity contribution < 1.29 is 4.74 Å². The van der Waals surface area contributed by atoms with E-state index in [0.717, 1.165) is 16.9 Å². The van der Waals surface area contributed by atoms with E-state index in [2.05, 4.69) is 20.2 Å². The van der Waals surface area contributed by atoms with Gasteiger partial charge in [-0.3, -0.25) is 10.1 Å². The molecule has 0 saturated heterocycles. The van der Waals surface area contributed by atoms with Crippen molar-refractivity contribution in [2.45, 2.75) is 20.0 Å². The normalized spacial score (nSPS) is 12.1. The van der Waals surface area contributed by atoms with Crippen molar-refractivity contribution in [2.75, 3.05) is 0 Å². The minimum atomic E-state index is -0.247. The Morgan fingerprint density at radius 2 is 1.95 bits per heavy atom. The summed E-state index contributed by atoms with van der Waals surface area (Å²) in [5, 5.41) is 7.83. The van der Waals surface area contributed by atoms with Crippen molar-refractivity contribution in [3.63, 3.8) is 0 Å². The van der Waals surface area contributed by atoms with Crippen LogP contribution < -0.4 is 4.74 Å². The summed E-state index contributed by atoms with van der Waals surface area (Å²) >= 11 is 5.95. The van der Waals surface area contributed by atoms with Gasteiger partial charge in [0.1, 0.15) is 5.75 Å². The Morgan fingerprint density at radius 1 is 1.18 bits per heavy atom. The molecule has 0 amide bonds. The van der Waals surface area contributed by atoms with Crippen LogP contribution in [-0.4, -0.2) is 20.2 Å². The van der Waals surface area contributed by atoms with E-state index in [1.165, 1.54) is 0 Å². The topological polar surface area (TPSA) is 63.7 Å². The van der Waals surface area contributed by atoms with Gasteiger partial charge >= 0.3 is 0 Å². The van der Waals surface area contributed by atoms with Crippen LogP contribution >= 0.6 is 11.6 Å². The maximum absolute atomic E-state index is 5.95. The van der Waals surface area contributed by atoms with Crippen molar-refractivity contribution in [3.05, 3.63) is 59.1 Å². The SMILES string of the molecule is Cc1cc(Cl)ccc1OC(C)c1nc(-c2ccncc2)n[nH]1. The molecule has 0 spiro atoms. The highest BCUT2D eigenvalue weighted by atomic mass is 35.5. The number of nitrogens with zero attached hydrogens (tertiary/aromatic N) is 3. The van der Waals surface area contributed by atoms with E-state index in [1.807, 2.05) is 38.1 Å². The number of hydrogen-bond acceptors (Lipinski definition) is 4. The van der Waals surface area contributed by atoms with E-state index in [-0.39, 0.29) is 6.10 Å². The van der Waals surface area contributed by atoms with Crippen molar-refractivity contribution in [3.8, 4) is 17.1 Å². The molecule has 2 aromatic heterocycles. The van der Waals surface area contributed by atoms with Crippen LogP contribution in [0.1, 0.15) is 24.4 Å². The van der Waals surface area contributed by atoms with Crippen LogP contribution in [0.2, 0.25) is 5.02 Å². The number of hydrogen-bond donors (Lipinski definition) is 1. The maximum atomic E-state index is 5.95. The van der Waals surface area contributed by atoms with E-state index in [0.29, 0.717) is 16.7 Å². The number of ether oxygens (including phenoxy) is 1. The zero-order chi connectivity index (χ0) is 15.5. The fourth-order valence-corrected chi connectivity index (χ4v) is 2.30. The highest BCUT2D eigenvalue weighted by Gasteiger charge is 2.14. The molecule has 3 aromatic rings. The molecule has 1 atom stereocenters. The highest BCUT2D eigenvalue weighted by Crippen LogP contribution is 2.26. The third kappa shape index (κ3) is 3.09. The molecule has 112 valence electrons. The Hall–Kier alpha value is -2.40. The molecule has 1 unspecified atom stereocenters. The van der Waals surface area contributed by atoms with Crippen molar-refractivity contribution >= 4 is 11.6 Å². The first-order valence-electron chi connectivity index (χ1n) is 6.89. The molecule has 2 heterocycles. The average Bonchev–Trinajstić information content (AvgIpc) is 3.01. The summed E-state index contributed by atoms with van der Waals surface area (Å²) in [6.07, 6.45) is 3.17. The van der Waals surface area contributed by atoms with Crippen LogP contribution in [-0.2, 0) is 0 Å². The zero-order valence-corrected chi connectivity index (χ0v) is 13.0. The Labute approximate surface area is 133 Å². The second-order valence-electron chi connectivity index (χ2n) is 4.95. The largest absolute Gasteiger partial charge is 0.482 e. The molecule has 0 aliphatic heterocycles. The Balaban J connectivity index is 1.78. The number of halogens is 1. The van der Waals surface area contributed by atoms with Crippen LogP contribution in [0, 0.1) is 6.92 Å². The van der Waals surface area contributed by atoms with Crippen LogP contribution in [0.4, 0.5) is 0 Å².